The number of carbonyl (C=O) groups is 1. The Bertz CT molecular complexity index is 359. The molecule has 0 aromatic carbocycles. The van der Waals surface area contributed by atoms with Crippen LogP contribution in [0.3, 0.4) is 0 Å². The Morgan fingerprint density at radius 1 is 0.905 bits per heavy atom. The van der Waals surface area contributed by atoms with Gasteiger partial charge in [-0.2, -0.15) is 0 Å². The maximum atomic E-state index is 9.37. The lowest BCUT2D eigenvalue weighted by Crippen LogP contribution is -1.86. The van der Waals surface area contributed by atoms with E-state index in [2.05, 4.69) is 39.8 Å². The predicted octanol–water partition coefficient (Wildman–Crippen LogP) is 4.88. The molecule has 0 unspecified atom stereocenters. The van der Waals surface area contributed by atoms with E-state index >= 15 is 0 Å². The molecule has 3 nitrogen and oxygen atoms in total. The summed E-state index contributed by atoms with van der Waals surface area (Å²) in [6, 6.07) is 0. The molecule has 0 bridgehead atoms. The first-order valence-electron chi connectivity index (χ1n) is 7.60. The highest BCUT2D eigenvalue weighted by atomic mass is 16.4. The fourth-order valence-electron chi connectivity index (χ4n) is 1.49. The van der Waals surface area contributed by atoms with E-state index in [1.807, 2.05) is 6.08 Å². The van der Waals surface area contributed by atoms with E-state index in [4.69, 9.17) is 10.2 Å². The van der Waals surface area contributed by atoms with Crippen LogP contribution in [-0.4, -0.2) is 22.8 Å². The number of aliphatic hydroxyl groups is 1. The Labute approximate surface area is 130 Å². The van der Waals surface area contributed by atoms with Gasteiger partial charge in [-0.15, -0.1) is 0 Å². The quantitative estimate of drug-likeness (QED) is 0.628. The standard InChI is InChI=1S/C15H26O.C3H6O2/c1-13(2)7-5-8-14(3)9-6-10-15(4)11-12-16;1-2-3(4)5/h7,9,11,16H,5-6,8,10,12H2,1-4H3;2H2,1H3,(H,4,5). The van der Waals surface area contributed by atoms with E-state index < -0.39 is 5.97 Å². The lowest BCUT2D eigenvalue weighted by Gasteiger charge is -2.00. The molecule has 0 aliphatic rings. The summed E-state index contributed by atoms with van der Waals surface area (Å²) in [7, 11) is 0. The van der Waals surface area contributed by atoms with E-state index in [-0.39, 0.29) is 13.0 Å². The zero-order valence-electron chi connectivity index (χ0n) is 14.3. The van der Waals surface area contributed by atoms with Crippen LogP contribution in [0.2, 0.25) is 0 Å². The largest absolute Gasteiger partial charge is 0.481 e. The van der Waals surface area contributed by atoms with Crippen LogP contribution in [0.15, 0.2) is 34.9 Å². The third-order valence-electron chi connectivity index (χ3n) is 2.86. The van der Waals surface area contributed by atoms with Gasteiger partial charge in [0.15, 0.2) is 0 Å². The summed E-state index contributed by atoms with van der Waals surface area (Å²) in [6.45, 7) is 10.3. The molecule has 0 heterocycles. The molecule has 0 radical (unpaired) electrons. The average Bonchev–Trinajstić information content (AvgIpc) is 2.39. The molecular weight excluding hydrogens is 264 g/mol. The summed E-state index contributed by atoms with van der Waals surface area (Å²) >= 11 is 0. The van der Waals surface area contributed by atoms with Crippen molar-refractivity contribution < 1.29 is 15.0 Å². The first-order chi connectivity index (χ1) is 9.83. The van der Waals surface area contributed by atoms with Crippen LogP contribution in [0.1, 0.15) is 66.7 Å². The zero-order chi connectivity index (χ0) is 16.7. The molecule has 0 saturated carbocycles. The van der Waals surface area contributed by atoms with Crippen LogP contribution in [-0.2, 0) is 4.79 Å². The highest BCUT2D eigenvalue weighted by Crippen LogP contribution is 2.10. The molecule has 0 aliphatic heterocycles. The van der Waals surface area contributed by atoms with Gasteiger partial charge in [0.05, 0.1) is 6.61 Å². The zero-order valence-corrected chi connectivity index (χ0v) is 14.3. The molecule has 21 heavy (non-hydrogen) atoms. The summed E-state index contributed by atoms with van der Waals surface area (Å²) < 4.78 is 0. The molecule has 122 valence electrons. The van der Waals surface area contributed by atoms with Crippen molar-refractivity contribution in [3.8, 4) is 0 Å². The lowest BCUT2D eigenvalue weighted by molar-refractivity contribution is -0.136. The smallest absolute Gasteiger partial charge is 0.303 e. The molecule has 0 saturated heterocycles. The topological polar surface area (TPSA) is 57.5 Å². The minimum Gasteiger partial charge on any atom is -0.481 e. The number of carboxylic acids is 1. The normalized spacial score (nSPS) is 11.5. The molecule has 0 aliphatic carbocycles. The number of allylic oxidation sites excluding steroid dienone is 5. The Hall–Kier alpha value is -1.35. The number of hydrogen-bond acceptors (Lipinski definition) is 2. The average molecular weight is 296 g/mol. The van der Waals surface area contributed by atoms with Crippen molar-refractivity contribution in [1.82, 2.24) is 0 Å². The van der Waals surface area contributed by atoms with Gasteiger partial charge in [0.1, 0.15) is 0 Å². The molecule has 2 N–H and O–H groups in total. The van der Waals surface area contributed by atoms with Gasteiger partial charge in [0, 0.05) is 6.42 Å². The van der Waals surface area contributed by atoms with Gasteiger partial charge in [0.2, 0.25) is 0 Å². The lowest BCUT2D eigenvalue weighted by atomic mass is 10.1. The molecule has 3 heteroatoms. The Kier molecular flexibility index (Phi) is 15.7. The maximum absolute atomic E-state index is 9.37. The third-order valence-corrected chi connectivity index (χ3v) is 2.86. The Morgan fingerprint density at radius 3 is 1.71 bits per heavy atom. The molecule has 0 atom stereocenters. The van der Waals surface area contributed by atoms with Crippen molar-refractivity contribution in [3.63, 3.8) is 0 Å². The highest BCUT2D eigenvalue weighted by molar-refractivity contribution is 5.66. The second kappa shape index (κ2) is 15.0. The summed E-state index contributed by atoms with van der Waals surface area (Å²) in [4.78, 5) is 9.37. The van der Waals surface area contributed by atoms with Crippen molar-refractivity contribution in [2.75, 3.05) is 6.61 Å². The molecule has 0 amide bonds. The van der Waals surface area contributed by atoms with Crippen molar-refractivity contribution in [2.24, 2.45) is 0 Å². The summed E-state index contributed by atoms with van der Waals surface area (Å²) in [5.41, 5.74) is 4.14. The van der Waals surface area contributed by atoms with E-state index in [0.717, 1.165) is 25.7 Å². The van der Waals surface area contributed by atoms with E-state index in [1.165, 1.54) is 16.7 Å². The van der Waals surface area contributed by atoms with Crippen molar-refractivity contribution in [1.29, 1.82) is 0 Å². The molecule has 0 rings (SSSR count). The molecule has 0 aromatic rings. The minimum absolute atomic E-state index is 0.162. The highest BCUT2D eigenvalue weighted by Gasteiger charge is 1.91. The predicted molar refractivity (Wildman–Crippen MR) is 90.4 cm³/mol. The number of rotatable bonds is 8. The second-order valence-electron chi connectivity index (χ2n) is 5.39. The number of aliphatic carboxylic acids is 1. The van der Waals surface area contributed by atoms with Crippen LogP contribution in [0.4, 0.5) is 0 Å². The van der Waals surface area contributed by atoms with Gasteiger partial charge in [-0.1, -0.05) is 41.9 Å². The van der Waals surface area contributed by atoms with Crippen LogP contribution in [0, 0.1) is 0 Å². The van der Waals surface area contributed by atoms with Gasteiger partial charge < -0.3 is 10.2 Å². The van der Waals surface area contributed by atoms with Gasteiger partial charge in [-0.25, -0.2) is 0 Å². The molecule has 0 aromatic heterocycles. The number of carboxylic acid groups (broad SMARTS) is 1. The van der Waals surface area contributed by atoms with E-state index in [9.17, 15) is 4.79 Å². The first kappa shape index (κ1) is 21.9. The van der Waals surface area contributed by atoms with Crippen LogP contribution >= 0.6 is 0 Å². The van der Waals surface area contributed by atoms with Crippen LogP contribution < -0.4 is 0 Å². The van der Waals surface area contributed by atoms with Gasteiger partial charge in [0.25, 0.3) is 0 Å². The van der Waals surface area contributed by atoms with Crippen LogP contribution in [0.5, 0.6) is 0 Å². The molecule has 0 fully saturated rings. The van der Waals surface area contributed by atoms with Crippen molar-refractivity contribution in [2.45, 2.75) is 66.7 Å². The summed E-state index contributed by atoms with van der Waals surface area (Å²) in [5.74, 6) is -0.745. The number of aliphatic hydroxyl groups excluding tert-OH is 1. The Balaban J connectivity index is 0. The second-order valence-corrected chi connectivity index (χ2v) is 5.39. The minimum atomic E-state index is -0.745. The van der Waals surface area contributed by atoms with Gasteiger partial charge >= 0.3 is 5.97 Å². The Morgan fingerprint density at radius 2 is 1.33 bits per heavy atom. The maximum Gasteiger partial charge on any atom is 0.303 e. The van der Waals surface area contributed by atoms with E-state index in [0.29, 0.717) is 0 Å². The van der Waals surface area contributed by atoms with Gasteiger partial charge in [-0.05, 0) is 53.4 Å². The van der Waals surface area contributed by atoms with Crippen LogP contribution in [0.25, 0.3) is 0 Å². The fraction of sp³-hybridized carbons (Fsp3) is 0.611. The third kappa shape index (κ3) is 21.1. The summed E-state index contributed by atoms with van der Waals surface area (Å²) in [6.07, 6.45) is 11.2. The van der Waals surface area contributed by atoms with Crippen molar-refractivity contribution >= 4 is 5.97 Å². The fourth-order valence-corrected chi connectivity index (χ4v) is 1.49. The first-order valence-corrected chi connectivity index (χ1v) is 7.60. The van der Waals surface area contributed by atoms with Gasteiger partial charge in [-0.3, -0.25) is 4.79 Å². The molecule has 0 spiro atoms. The van der Waals surface area contributed by atoms with E-state index in [1.54, 1.807) is 6.92 Å². The number of hydrogen-bond donors (Lipinski definition) is 2. The summed E-state index contributed by atoms with van der Waals surface area (Å²) in [5, 5.41) is 16.4. The SMILES string of the molecule is CC(C)=CCCC(C)=CCCC(C)=CCO.CCC(=O)O. The molecular formula is C18H32O3. The monoisotopic (exact) mass is 296 g/mol. The van der Waals surface area contributed by atoms with Crippen molar-refractivity contribution in [3.05, 3.63) is 34.9 Å².